The molecule has 1 aliphatic carbocycles. The van der Waals surface area contributed by atoms with Crippen LogP contribution in [0.1, 0.15) is 43.2 Å². The third-order valence-corrected chi connectivity index (χ3v) is 6.01. The molecule has 0 amide bonds. The van der Waals surface area contributed by atoms with Gasteiger partial charge < -0.3 is 9.42 Å². The highest BCUT2D eigenvalue weighted by Crippen LogP contribution is 2.39. The monoisotopic (exact) mass is 437 g/mol. The van der Waals surface area contributed by atoms with Crippen LogP contribution in [0, 0.1) is 11.7 Å². The molecule has 0 radical (unpaired) electrons. The summed E-state index contributed by atoms with van der Waals surface area (Å²) >= 11 is 6.03. The third-order valence-electron chi connectivity index (χ3n) is 5.77. The van der Waals surface area contributed by atoms with Gasteiger partial charge in [-0.2, -0.15) is 4.98 Å². The molecule has 1 aliphatic rings. The Kier molecular flexibility index (Phi) is 6.67. The van der Waals surface area contributed by atoms with Gasteiger partial charge >= 0.3 is 0 Å². The van der Waals surface area contributed by atoms with Gasteiger partial charge in [0.15, 0.2) is 0 Å². The van der Waals surface area contributed by atoms with E-state index in [-0.39, 0.29) is 11.9 Å². The molecule has 4 nitrogen and oxygen atoms in total. The van der Waals surface area contributed by atoms with E-state index >= 15 is 0 Å². The van der Waals surface area contributed by atoms with E-state index in [1.807, 2.05) is 36.4 Å². The van der Waals surface area contributed by atoms with E-state index in [9.17, 15) is 4.39 Å². The molecule has 0 aliphatic heterocycles. The van der Waals surface area contributed by atoms with Crippen molar-refractivity contribution in [2.75, 3.05) is 14.1 Å². The number of hydrogen-bond donors (Lipinski definition) is 0. The lowest BCUT2D eigenvalue weighted by Gasteiger charge is -2.35. The summed E-state index contributed by atoms with van der Waals surface area (Å²) in [6.45, 7) is 0. The molecule has 1 fully saturated rings. The summed E-state index contributed by atoms with van der Waals surface area (Å²) in [6.07, 6.45) is 5.84. The van der Waals surface area contributed by atoms with E-state index in [0.717, 1.165) is 31.2 Å². The summed E-state index contributed by atoms with van der Waals surface area (Å²) in [6, 6.07) is 14.5. The first kappa shape index (κ1) is 21.5. The number of allylic oxidation sites excluding steroid dienone is 1. The van der Waals surface area contributed by atoms with Crippen LogP contribution in [-0.2, 0) is 0 Å². The predicted molar refractivity (Wildman–Crippen MR) is 121 cm³/mol. The lowest BCUT2D eigenvalue weighted by Crippen LogP contribution is -2.29. The van der Waals surface area contributed by atoms with Crippen LogP contribution in [0.3, 0.4) is 0 Å². The highest BCUT2D eigenvalue weighted by Gasteiger charge is 2.28. The van der Waals surface area contributed by atoms with Crippen molar-refractivity contribution in [3.8, 4) is 11.4 Å². The minimum Gasteiger partial charge on any atom is -0.334 e. The van der Waals surface area contributed by atoms with Crippen molar-refractivity contribution >= 4 is 17.7 Å². The lowest BCUT2D eigenvalue weighted by molar-refractivity contribution is 0.183. The summed E-state index contributed by atoms with van der Waals surface area (Å²) in [5.74, 6) is 1.27. The molecule has 0 spiro atoms. The molecule has 31 heavy (non-hydrogen) atoms. The zero-order chi connectivity index (χ0) is 21.8. The Morgan fingerprint density at radius 3 is 2.58 bits per heavy atom. The Morgan fingerprint density at radius 1 is 1.16 bits per heavy atom. The van der Waals surface area contributed by atoms with Crippen LogP contribution in [0.4, 0.5) is 4.39 Å². The zero-order valence-electron chi connectivity index (χ0n) is 17.7. The summed E-state index contributed by atoms with van der Waals surface area (Å²) in [7, 11) is 4.18. The van der Waals surface area contributed by atoms with Crippen LogP contribution in [0.15, 0.2) is 64.4 Å². The average molecular weight is 438 g/mol. The SMILES string of the molecule is CN(C)C(c1ccc(F)cc1)C1CCC(=C=Cc2nc(-c3cccc(Cl)c3)no2)CC1. The molecule has 0 saturated heterocycles. The normalized spacial score (nSPS) is 17.5. The highest BCUT2D eigenvalue weighted by atomic mass is 35.5. The molecule has 6 heteroatoms. The van der Waals surface area contributed by atoms with Crippen molar-refractivity contribution in [3.05, 3.63) is 82.1 Å². The second-order valence-electron chi connectivity index (χ2n) is 8.16. The van der Waals surface area contributed by atoms with Gasteiger partial charge in [-0.15, -0.1) is 5.73 Å². The van der Waals surface area contributed by atoms with Gasteiger partial charge in [-0.25, -0.2) is 4.39 Å². The van der Waals surface area contributed by atoms with E-state index in [2.05, 4.69) is 34.9 Å². The zero-order valence-corrected chi connectivity index (χ0v) is 18.4. The fourth-order valence-corrected chi connectivity index (χ4v) is 4.49. The molecule has 4 rings (SSSR count). The van der Waals surface area contributed by atoms with E-state index < -0.39 is 0 Å². The first-order valence-corrected chi connectivity index (χ1v) is 10.8. The van der Waals surface area contributed by atoms with Gasteiger partial charge in [-0.05, 0) is 81.1 Å². The fraction of sp³-hybridized carbons (Fsp3) is 0.320. The van der Waals surface area contributed by atoms with Gasteiger partial charge in [0.1, 0.15) is 5.82 Å². The molecule has 1 heterocycles. The van der Waals surface area contributed by atoms with Gasteiger partial charge in [0.2, 0.25) is 5.82 Å². The molecule has 1 aromatic heterocycles. The van der Waals surface area contributed by atoms with Crippen LogP contribution in [0.2, 0.25) is 5.02 Å². The fourth-order valence-electron chi connectivity index (χ4n) is 4.30. The van der Waals surface area contributed by atoms with Crippen LogP contribution >= 0.6 is 11.6 Å². The van der Waals surface area contributed by atoms with Crippen molar-refractivity contribution in [2.45, 2.75) is 31.7 Å². The number of nitrogens with zero attached hydrogens (tertiary/aromatic N) is 3. The minimum atomic E-state index is -0.195. The largest absolute Gasteiger partial charge is 0.334 e. The molecular weight excluding hydrogens is 413 g/mol. The first-order valence-electron chi connectivity index (χ1n) is 10.5. The predicted octanol–water partition coefficient (Wildman–Crippen LogP) is 6.56. The third kappa shape index (κ3) is 5.31. The number of rotatable bonds is 5. The van der Waals surface area contributed by atoms with Crippen molar-refractivity contribution in [3.63, 3.8) is 0 Å². The van der Waals surface area contributed by atoms with E-state index in [1.165, 1.54) is 11.1 Å². The maximum atomic E-state index is 13.3. The molecule has 1 unspecified atom stereocenters. The molecule has 1 saturated carbocycles. The Balaban J connectivity index is 1.43. The van der Waals surface area contributed by atoms with Crippen LogP contribution < -0.4 is 0 Å². The maximum Gasteiger partial charge on any atom is 0.258 e. The maximum absolute atomic E-state index is 13.3. The quantitative estimate of drug-likeness (QED) is 0.424. The summed E-state index contributed by atoms with van der Waals surface area (Å²) < 4.78 is 18.7. The van der Waals surface area contributed by atoms with Crippen molar-refractivity contribution in [1.82, 2.24) is 15.0 Å². The van der Waals surface area contributed by atoms with E-state index in [4.69, 9.17) is 16.1 Å². The van der Waals surface area contributed by atoms with Gasteiger partial charge in [-0.1, -0.05) is 41.0 Å². The second kappa shape index (κ2) is 9.61. The Bertz CT molecular complexity index is 1090. The molecule has 0 bridgehead atoms. The topological polar surface area (TPSA) is 42.2 Å². The molecule has 160 valence electrons. The van der Waals surface area contributed by atoms with Crippen LogP contribution in [-0.4, -0.2) is 29.1 Å². The second-order valence-corrected chi connectivity index (χ2v) is 8.59. The number of hydrogen-bond acceptors (Lipinski definition) is 4. The van der Waals surface area contributed by atoms with Gasteiger partial charge in [-0.3, -0.25) is 0 Å². The minimum absolute atomic E-state index is 0.195. The Labute approximate surface area is 187 Å². The Morgan fingerprint density at radius 2 is 1.90 bits per heavy atom. The molecule has 1 atom stereocenters. The smallest absolute Gasteiger partial charge is 0.258 e. The van der Waals surface area contributed by atoms with Gasteiger partial charge in [0, 0.05) is 22.7 Å². The van der Waals surface area contributed by atoms with E-state index in [1.54, 1.807) is 18.2 Å². The summed E-state index contributed by atoms with van der Waals surface area (Å²) in [5, 5.41) is 4.66. The Hall–Kier alpha value is -2.72. The van der Waals surface area contributed by atoms with Crippen molar-refractivity contribution < 1.29 is 8.91 Å². The van der Waals surface area contributed by atoms with Gasteiger partial charge in [0.25, 0.3) is 5.89 Å². The molecule has 0 N–H and O–H groups in total. The van der Waals surface area contributed by atoms with Gasteiger partial charge in [0.05, 0.1) is 0 Å². The number of benzene rings is 2. The first-order chi connectivity index (χ1) is 15.0. The molecular formula is C25H25ClFN3O. The highest BCUT2D eigenvalue weighted by molar-refractivity contribution is 6.30. The summed E-state index contributed by atoms with van der Waals surface area (Å²) in [5.41, 5.74) is 6.60. The molecule has 2 aromatic carbocycles. The lowest BCUT2D eigenvalue weighted by atomic mass is 9.79. The van der Waals surface area contributed by atoms with Crippen LogP contribution in [0.25, 0.3) is 17.5 Å². The summed E-state index contributed by atoms with van der Waals surface area (Å²) in [4.78, 5) is 6.65. The van der Waals surface area contributed by atoms with Crippen molar-refractivity contribution in [2.24, 2.45) is 5.92 Å². The average Bonchev–Trinajstić information content (AvgIpc) is 3.24. The standard InChI is InChI=1S/C25H25ClFN3O/c1-30(2)24(19-11-13-22(27)14-12-19)18-9-6-17(7-10-18)8-15-23-28-25(29-31-23)20-4-3-5-21(26)16-20/h3-5,11-16,18,24H,6-7,9-10H2,1-2H3. The van der Waals surface area contributed by atoms with Crippen molar-refractivity contribution in [1.29, 1.82) is 0 Å². The van der Waals surface area contributed by atoms with Crippen LogP contribution in [0.5, 0.6) is 0 Å². The number of aromatic nitrogens is 2. The molecule has 3 aromatic rings. The van der Waals surface area contributed by atoms with E-state index in [0.29, 0.717) is 22.7 Å². The number of halogens is 2.